The van der Waals surface area contributed by atoms with Crippen LogP contribution in [0.25, 0.3) is 11.3 Å². The summed E-state index contributed by atoms with van der Waals surface area (Å²) in [6, 6.07) is 19.1. The van der Waals surface area contributed by atoms with Crippen LogP contribution in [0.5, 0.6) is 0 Å². The summed E-state index contributed by atoms with van der Waals surface area (Å²) < 4.78 is 2.41. The van der Waals surface area contributed by atoms with E-state index in [9.17, 15) is 0 Å². The van der Waals surface area contributed by atoms with E-state index in [0.29, 0.717) is 6.04 Å². The smallest absolute Gasteiger partial charge is 0.211 e. The molecule has 4 rings (SSSR count). The number of thiazole rings is 1. The zero-order chi connectivity index (χ0) is 21.5. The molecule has 1 aliphatic carbocycles. The highest BCUT2D eigenvalue weighted by Crippen LogP contribution is 2.32. The van der Waals surface area contributed by atoms with Crippen LogP contribution in [-0.4, -0.2) is 16.5 Å². The highest BCUT2D eigenvalue weighted by atomic mass is 32.1. The summed E-state index contributed by atoms with van der Waals surface area (Å²) in [4.78, 5) is 0.950. The van der Waals surface area contributed by atoms with Crippen LogP contribution in [0.3, 0.4) is 0 Å². The van der Waals surface area contributed by atoms with Crippen molar-refractivity contribution in [3.05, 3.63) is 70.3 Å². The molecule has 6 heteroatoms. The van der Waals surface area contributed by atoms with E-state index in [1.54, 1.807) is 17.6 Å². The molecule has 1 heterocycles. The molecule has 2 aromatic carbocycles. The molecule has 0 saturated heterocycles. The number of aryl methyl sites for hydroxylation is 1. The summed E-state index contributed by atoms with van der Waals surface area (Å²) in [5.41, 5.74) is 8.46. The van der Waals surface area contributed by atoms with Gasteiger partial charge in [-0.1, -0.05) is 67.3 Å². The lowest BCUT2D eigenvalue weighted by Gasteiger charge is -2.25. The Hall–Kier alpha value is -2.99. The van der Waals surface area contributed by atoms with Crippen LogP contribution in [0.15, 0.2) is 75.3 Å². The third-order valence-electron chi connectivity index (χ3n) is 5.54. The van der Waals surface area contributed by atoms with Gasteiger partial charge in [0.2, 0.25) is 4.80 Å². The third-order valence-corrected chi connectivity index (χ3v) is 6.37. The van der Waals surface area contributed by atoms with E-state index in [4.69, 9.17) is 0 Å². The Labute approximate surface area is 187 Å². The van der Waals surface area contributed by atoms with E-state index in [2.05, 4.69) is 61.9 Å². The zero-order valence-electron chi connectivity index (χ0n) is 18.2. The monoisotopic (exact) mass is 431 g/mol. The SMILES string of the molecule is CC(C=NNc1ccccc1)=NN=c1scc(-c2ccc(C)cc2)n1C1CCCCC1. The Balaban J connectivity index is 1.61. The van der Waals surface area contributed by atoms with Gasteiger partial charge in [-0.3, -0.25) is 5.43 Å². The summed E-state index contributed by atoms with van der Waals surface area (Å²) >= 11 is 1.66. The quantitative estimate of drug-likeness (QED) is 0.356. The van der Waals surface area contributed by atoms with E-state index in [1.807, 2.05) is 37.3 Å². The maximum absolute atomic E-state index is 4.62. The summed E-state index contributed by atoms with van der Waals surface area (Å²) in [5.74, 6) is 0. The maximum atomic E-state index is 4.62. The van der Waals surface area contributed by atoms with Crippen LogP contribution in [0.2, 0.25) is 0 Å². The molecule has 3 aromatic rings. The first-order valence-corrected chi connectivity index (χ1v) is 11.8. The molecular weight excluding hydrogens is 402 g/mol. The van der Waals surface area contributed by atoms with Crippen molar-refractivity contribution in [2.75, 3.05) is 5.43 Å². The van der Waals surface area contributed by atoms with Gasteiger partial charge in [-0.05, 0) is 44.4 Å². The minimum atomic E-state index is 0.485. The summed E-state index contributed by atoms with van der Waals surface area (Å²) in [6.07, 6.45) is 7.99. The second-order valence-electron chi connectivity index (χ2n) is 8.01. The van der Waals surface area contributed by atoms with Crippen molar-refractivity contribution in [2.45, 2.75) is 52.0 Å². The van der Waals surface area contributed by atoms with Gasteiger partial charge in [0.1, 0.15) is 0 Å². The Kier molecular flexibility index (Phi) is 7.10. The first kappa shape index (κ1) is 21.2. The Morgan fingerprint density at radius 2 is 1.77 bits per heavy atom. The number of hydrogen-bond acceptors (Lipinski definition) is 5. The van der Waals surface area contributed by atoms with E-state index < -0.39 is 0 Å². The Bertz CT molecular complexity index is 1100. The molecule has 1 N–H and O–H groups in total. The molecule has 31 heavy (non-hydrogen) atoms. The summed E-state index contributed by atoms with van der Waals surface area (Å²) in [7, 11) is 0. The molecule has 160 valence electrons. The average Bonchev–Trinajstić information content (AvgIpc) is 3.23. The van der Waals surface area contributed by atoms with E-state index in [0.717, 1.165) is 16.2 Å². The van der Waals surface area contributed by atoms with Gasteiger partial charge in [0.15, 0.2) is 0 Å². The normalized spacial score (nSPS) is 16.2. The molecule has 0 amide bonds. The molecular formula is C25H29N5S. The van der Waals surface area contributed by atoms with Crippen LogP contribution in [0.4, 0.5) is 5.69 Å². The maximum Gasteiger partial charge on any atom is 0.211 e. The van der Waals surface area contributed by atoms with Crippen LogP contribution < -0.4 is 10.2 Å². The van der Waals surface area contributed by atoms with Crippen molar-refractivity contribution in [3.63, 3.8) is 0 Å². The van der Waals surface area contributed by atoms with Gasteiger partial charge in [0.05, 0.1) is 23.3 Å². The van der Waals surface area contributed by atoms with Crippen molar-refractivity contribution in [2.24, 2.45) is 15.3 Å². The van der Waals surface area contributed by atoms with Gasteiger partial charge in [0.25, 0.3) is 0 Å². The van der Waals surface area contributed by atoms with Crippen LogP contribution in [-0.2, 0) is 0 Å². The summed E-state index contributed by atoms with van der Waals surface area (Å²) in [6.45, 7) is 4.04. The van der Waals surface area contributed by atoms with Gasteiger partial charge >= 0.3 is 0 Å². The number of hydrazone groups is 1. The molecule has 5 nitrogen and oxygen atoms in total. The van der Waals surface area contributed by atoms with Crippen molar-refractivity contribution in [1.29, 1.82) is 0 Å². The van der Waals surface area contributed by atoms with E-state index >= 15 is 0 Å². The summed E-state index contributed by atoms with van der Waals surface area (Å²) in [5, 5.41) is 15.5. The number of benzene rings is 2. The predicted octanol–water partition coefficient (Wildman–Crippen LogP) is 6.40. The molecule has 0 unspecified atom stereocenters. The number of rotatable bonds is 6. The van der Waals surface area contributed by atoms with E-state index in [-0.39, 0.29) is 0 Å². The Morgan fingerprint density at radius 3 is 2.52 bits per heavy atom. The lowest BCUT2D eigenvalue weighted by molar-refractivity contribution is 0.350. The fourth-order valence-electron chi connectivity index (χ4n) is 3.88. The molecule has 0 aliphatic heterocycles. The second-order valence-corrected chi connectivity index (χ2v) is 8.85. The van der Waals surface area contributed by atoms with Crippen LogP contribution >= 0.6 is 11.3 Å². The zero-order valence-corrected chi connectivity index (χ0v) is 19.0. The van der Waals surface area contributed by atoms with Crippen LogP contribution in [0.1, 0.15) is 50.6 Å². The number of anilines is 1. The van der Waals surface area contributed by atoms with Gasteiger partial charge in [-0.15, -0.1) is 16.4 Å². The number of para-hydroxylation sites is 1. The lowest BCUT2D eigenvalue weighted by Crippen LogP contribution is -2.23. The topological polar surface area (TPSA) is 54.0 Å². The van der Waals surface area contributed by atoms with Gasteiger partial charge in [0, 0.05) is 11.4 Å². The van der Waals surface area contributed by atoms with Crippen molar-refractivity contribution in [1.82, 2.24) is 4.57 Å². The Morgan fingerprint density at radius 1 is 1.03 bits per heavy atom. The lowest BCUT2D eigenvalue weighted by atomic mass is 9.95. The molecule has 1 saturated carbocycles. The van der Waals surface area contributed by atoms with Crippen molar-refractivity contribution >= 4 is 29.0 Å². The minimum Gasteiger partial charge on any atom is -0.312 e. The number of nitrogens with one attached hydrogen (secondary N) is 1. The fourth-order valence-corrected chi connectivity index (χ4v) is 4.80. The first-order chi connectivity index (χ1) is 15.2. The molecule has 0 radical (unpaired) electrons. The van der Waals surface area contributed by atoms with Gasteiger partial charge < -0.3 is 4.57 Å². The number of aromatic nitrogens is 1. The van der Waals surface area contributed by atoms with E-state index in [1.165, 1.54) is 48.9 Å². The molecule has 1 aliphatic rings. The van der Waals surface area contributed by atoms with Crippen LogP contribution in [0, 0.1) is 6.92 Å². The second kappa shape index (κ2) is 10.4. The number of nitrogens with zero attached hydrogens (tertiary/aromatic N) is 4. The third kappa shape index (κ3) is 5.58. The first-order valence-electron chi connectivity index (χ1n) is 10.9. The highest BCUT2D eigenvalue weighted by molar-refractivity contribution is 7.07. The molecule has 1 fully saturated rings. The van der Waals surface area contributed by atoms with Gasteiger partial charge in [-0.25, -0.2) is 0 Å². The standard InChI is InChI=1S/C25H29N5S/c1-19-13-15-21(16-14-19)24-18-31-25(30(24)23-11-7-4-8-12-23)29-27-20(2)17-26-28-22-9-5-3-6-10-22/h3,5-6,9-10,13-18,23,28H,4,7-8,11-12H2,1-2H3. The fraction of sp³-hybridized carbons (Fsp3) is 0.320. The van der Waals surface area contributed by atoms with Crippen molar-refractivity contribution in [3.8, 4) is 11.3 Å². The predicted molar refractivity (Wildman–Crippen MR) is 132 cm³/mol. The molecule has 0 bridgehead atoms. The molecule has 1 aromatic heterocycles. The number of hydrogen-bond donors (Lipinski definition) is 1. The van der Waals surface area contributed by atoms with Crippen molar-refractivity contribution < 1.29 is 0 Å². The molecule has 0 atom stereocenters. The highest BCUT2D eigenvalue weighted by Gasteiger charge is 2.20. The average molecular weight is 432 g/mol. The van der Waals surface area contributed by atoms with Gasteiger partial charge in [-0.2, -0.15) is 10.2 Å². The minimum absolute atomic E-state index is 0.485. The molecule has 0 spiro atoms. The largest absolute Gasteiger partial charge is 0.312 e.